The summed E-state index contributed by atoms with van der Waals surface area (Å²) in [7, 11) is 0. The van der Waals surface area contributed by atoms with Crippen molar-refractivity contribution in [3.63, 3.8) is 0 Å². The van der Waals surface area contributed by atoms with Gasteiger partial charge >= 0.3 is 0 Å². The highest BCUT2D eigenvalue weighted by atomic mass is 19.2. The molecule has 0 radical (unpaired) electrons. The van der Waals surface area contributed by atoms with Gasteiger partial charge in [0.1, 0.15) is 0 Å². The number of benzene rings is 2. The van der Waals surface area contributed by atoms with Crippen LogP contribution in [0.25, 0.3) is 16.7 Å². The third-order valence-electron chi connectivity index (χ3n) is 3.45. The summed E-state index contributed by atoms with van der Waals surface area (Å²) in [5.74, 6) is -3.50. The Hall–Kier alpha value is -2.03. The summed E-state index contributed by atoms with van der Waals surface area (Å²) in [6, 6.07) is 7.55. The van der Waals surface area contributed by atoms with E-state index in [1.807, 2.05) is 19.1 Å². The zero-order chi connectivity index (χ0) is 15.7. The SMILES string of the molecule is C=C(C)c1cc(-c2cc(F)c(F)c(F)c2)ccc1C(C)C. The number of rotatable bonds is 3. The van der Waals surface area contributed by atoms with Gasteiger partial charge in [0.25, 0.3) is 0 Å². The second-order valence-corrected chi connectivity index (χ2v) is 5.49. The quantitative estimate of drug-likeness (QED) is 0.615. The van der Waals surface area contributed by atoms with Crippen LogP contribution in [-0.2, 0) is 0 Å². The third-order valence-corrected chi connectivity index (χ3v) is 3.45. The molecule has 0 aliphatic rings. The van der Waals surface area contributed by atoms with Crippen LogP contribution in [0.2, 0.25) is 0 Å². The van der Waals surface area contributed by atoms with Crippen LogP contribution >= 0.6 is 0 Å². The first-order valence-electron chi connectivity index (χ1n) is 6.76. The molecule has 0 saturated heterocycles. The molecule has 0 unspecified atom stereocenters. The third kappa shape index (κ3) is 3.02. The Morgan fingerprint density at radius 1 is 0.952 bits per heavy atom. The van der Waals surface area contributed by atoms with Gasteiger partial charge in [0.05, 0.1) is 0 Å². The summed E-state index contributed by atoms with van der Waals surface area (Å²) in [4.78, 5) is 0. The zero-order valence-corrected chi connectivity index (χ0v) is 12.3. The van der Waals surface area contributed by atoms with Gasteiger partial charge in [-0.3, -0.25) is 0 Å². The van der Waals surface area contributed by atoms with E-state index in [0.717, 1.165) is 28.8 Å². The van der Waals surface area contributed by atoms with E-state index in [1.54, 1.807) is 6.07 Å². The lowest BCUT2D eigenvalue weighted by atomic mass is 9.90. The van der Waals surface area contributed by atoms with Gasteiger partial charge in [0, 0.05) is 0 Å². The molecule has 0 N–H and O–H groups in total. The van der Waals surface area contributed by atoms with Crippen LogP contribution in [0.15, 0.2) is 36.9 Å². The lowest BCUT2D eigenvalue weighted by Gasteiger charge is -2.15. The average Bonchev–Trinajstić information content (AvgIpc) is 2.43. The fraction of sp³-hybridized carbons (Fsp3) is 0.222. The van der Waals surface area contributed by atoms with E-state index >= 15 is 0 Å². The van der Waals surface area contributed by atoms with Gasteiger partial charge in [-0.1, -0.05) is 38.1 Å². The Labute approximate surface area is 122 Å². The smallest absolute Gasteiger partial charge is 0.194 e. The van der Waals surface area contributed by atoms with Crippen molar-refractivity contribution in [2.45, 2.75) is 26.7 Å². The number of allylic oxidation sites excluding steroid dienone is 1. The molecule has 0 nitrogen and oxygen atoms in total. The molecule has 0 heterocycles. The molecule has 0 bridgehead atoms. The van der Waals surface area contributed by atoms with Crippen LogP contribution < -0.4 is 0 Å². The molecule has 0 fully saturated rings. The molecule has 0 aliphatic heterocycles. The Morgan fingerprint density at radius 2 is 1.52 bits per heavy atom. The van der Waals surface area contributed by atoms with Gasteiger partial charge in [0.15, 0.2) is 17.5 Å². The van der Waals surface area contributed by atoms with Crippen molar-refractivity contribution in [2.24, 2.45) is 0 Å². The van der Waals surface area contributed by atoms with E-state index in [9.17, 15) is 13.2 Å². The fourth-order valence-electron chi connectivity index (χ4n) is 2.33. The first kappa shape index (κ1) is 15.4. The first-order chi connectivity index (χ1) is 9.81. The average molecular weight is 290 g/mol. The number of hydrogen-bond acceptors (Lipinski definition) is 0. The maximum absolute atomic E-state index is 13.4. The van der Waals surface area contributed by atoms with Crippen LogP contribution in [0.4, 0.5) is 13.2 Å². The molecule has 2 aromatic carbocycles. The van der Waals surface area contributed by atoms with Crippen molar-refractivity contribution in [1.82, 2.24) is 0 Å². The van der Waals surface area contributed by atoms with Gasteiger partial charge in [-0.25, -0.2) is 13.2 Å². The topological polar surface area (TPSA) is 0 Å². The van der Waals surface area contributed by atoms with Crippen molar-refractivity contribution < 1.29 is 13.2 Å². The molecule has 0 atom stereocenters. The highest BCUT2D eigenvalue weighted by Crippen LogP contribution is 2.31. The normalized spacial score (nSPS) is 11.0. The predicted octanol–water partition coefficient (Wildman–Crippen LogP) is 5.93. The number of hydrogen-bond donors (Lipinski definition) is 0. The molecular weight excluding hydrogens is 273 g/mol. The highest BCUT2D eigenvalue weighted by Gasteiger charge is 2.14. The minimum Gasteiger partial charge on any atom is -0.204 e. The first-order valence-corrected chi connectivity index (χ1v) is 6.76. The Morgan fingerprint density at radius 3 is 2.00 bits per heavy atom. The van der Waals surface area contributed by atoms with Crippen molar-refractivity contribution in [3.05, 3.63) is 65.5 Å². The van der Waals surface area contributed by atoms with E-state index in [2.05, 4.69) is 20.4 Å². The van der Waals surface area contributed by atoms with E-state index < -0.39 is 17.5 Å². The molecule has 0 saturated carbocycles. The highest BCUT2D eigenvalue weighted by molar-refractivity contribution is 5.73. The van der Waals surface area contributed by atoms with Crippen molar-refractivity contribution >= 4 is 5.57 Å². The Bertz CT molecular complexity index is 677. The Kier molecular flexibility index (Phi) is 4.21. The summed E-state index contributed by atoms with van der Waals surface area (Å²) in [5, 5.41) is 0. The van der Waals surface area contributed by atoms with Crippen molar-refractivity contribution in [1.29, 1.82) is 0 Å². The predicted molar refractivity (Wildman–Crippen MR) is 80.5 cm³/mol. The zero-order valence-electron chi connectivity index (χ0n) is 12.3. The molecule has 0 aliphatic carbocycles. The minimum atomic E-state index is -1.45. The fourth-order valence-corrected chi connectivity index (χ4v) is 2.33. The van der Waals surface area contributed by atoms with E-state index in [0.29, 0.717) is 17.0 Å². The van der Waals surface area contributed by atoms with Gasteiger partial charge in [-0.2, -0.15) is 0 Å². The lowest BCUT2D eigenvalue weighted by molar-refractivity contribution is 0.448. The summed E-state index contributed by atoms with van der Waals surface area (Å²) < 4.78 is 39.8. The number of halogens is 3. The standard InChI is InChI=1S/C18H17F3/c1-10(2)14-6-5-12(7-15(14)11(3)4)13-8-16(19)18(21)17(20)9-13/h5-10H,3H2,1-2,4H3. The van der Waals surface area contributed by atoms with Crippen LogP contribution in [-0.4, -0.2) is 0 Å². The Balaban J connectivity index is 2.60. The van der Waals surface area contributed by atoms with Crippen LogP contribution in [0.3, 0.4) is 0 Å². The van der Waals surface area contributed by atoms with E-state index in [1.165, 1.54) is 0 Å². The van der Waals surface area contributed by atoms with Gasteiger partial charge in [-0.15, -0.1) is 0 Å². The molecule has 0 amide bonds. The van der Waals surface area contributed by atoms with Gasteiger partial charge in [-0.05, 0) is 53.3 Å². The van der Waals surface area contributed by atoms with Crippen LogP contribution in [0.1, 0.15) is 37.8 Å². The lowest BCUT2D eigenvalue weighted by Crippen LogP contribution is -1.96. The second kappa shape index (κ2) is 5.76. The summed E-state index contributed by atoms with van der Waals surface area (Å²) in [6.45, 7) is 9.97. The summed E-state index contributed by atoms with van der Waals surface area (Å²) in [5.41, 5.74) is 3.89. The molecule has 3 heteroatoms. The van der Waals surface area contributed by atoms with Crippen LogP contribution in [0.5, 0.6) is 0 Å². The molecule has 21 heavy (non-hydrogen) atoms. The maximum Gasteiger partial charge on any atom is 0.194 e. The molecule has 2 aromatic rings. The minimum absolute atomic E-state index is 0.309. The van der Waals surface area contributed by atoms with Gasteiger partial charge in [0.2, 0.25) is 0 Å². The van der Waals surface area contributed by atoms with Gasteiger partial charge < -0.3 is 0 Å². The van der Waals surface area contributed by atoms with E-state index in [-0.39, 0.29) is 0 Å². The molecule has 2 rings (SSSR count). The molecular formula is C18H17F3. The summed E-state index contributed by atoms with van der Waals surface area (Å²) >= 11 is 0. The van der Waals surface area contributed by atoms with Crippen molar-refractivity contribution in [3.8, 4) is 11.1 Å². The molecule has 0 aromatic heterocycles. The van der Waals surface area contributed by atoms with E-state index in [4.69, 9.17) is 0 Å². The molecule has 0 spiro atoms. The summed E-state index contributed by atoms with van der Waals surface area (Å²) in [6.07, 6.45) is 0. The maximum atomic E-state index is 13.4. The van der Waals surface area contributed by atoms with Crippen LogP contribution in [0, 0.1) is 17.5 Å². The van der Waals surface area contributed by atoms with Crippen molar-refractivity contribution in [2.75, 3.05) is 0 Å². The molecule has 110 valence electrons. The largest absolute Gasteiger partial charge is 0.204 e. The monoisotopic (exact) mass is 290 g/mol. The second-order valence-electron chi connectivity index (χ2n) is 5.49.